The molecule has 4 heteroatoms. The number of carboxylic acids is 1. The lowest BCUT2D eigenvalue weighted by Gasteiger charge is -2.06. The minimum atomic E-state index is -0.779. The van der Waals surface area contributed by atoms with Crippen LogP contribution in [0.5, 0.6) is 5.75 Å². The highest BCUT2D eigenvalue weighted by Crippen LogP contribution is 2.35. The molecule has 0 fully saturated rings. The molecule has 1 unspecified atom stereocenters. The quantitative estimate of drug-likeness (QED) is 0.635. The first-order valence-corrected chi connectivity index (χ1v) is 5.05. The molecule has 4 nitrogen and oxygen atoms in total. The highest BCUT2D eigenvalue weighted by Gasteiger charge is 2.29. The van der Waals surface area contributed by atoms with E-state index in [0.717, 1.165) is 17.8 Å². The first kappa shape index (κ1) is 9.98. The molecule has 1 heterocycles. The van der Waals surface area contributed by atoms with Gasteiger partial charge in [0.2, 0.25) is 0 Å². The molecule has 0 aliphatic carbocycles. The second-order valence-corrected chi connectivity index (χ2v) is 3.85. The van der Waals surface area contributed by atoms with Crippen LogP contribution >= 0.6 is 0 Å². The average molecular weight is 208 g/mol. The van der Waals surface area contributed by atoms with Crippen molar-refractivity contribution in [2.45, 2.75) is 18.8 Å². The standard InChI is InChI=1S/C11H13NO3/c13-9-3-1-2-8-11(9)7(6-12-8)4-5-10(14)15/h1-3,7,12-13H,4-6H2,(H,14,15)/p+1. The maximum atomic E-state index is 10.5. The van der Waals surface area contributed by atoms with E-state index in [4.69, 9.17) is 5.11 Å². The summed E-state index contributed by atoms with van der Waals surface area (Å²) in [6, 6.07) is 5.42. The molecule has 0 aromatic heterocycles. The van der Waals surface area contributed by atoms with Gasteiger partial charge < -0.3 is 15.5 Å². The number of carboxylic acid groups (broad SMARTS) is 1. The summed E-state index contributed by atoms with van der Waals surface area (Å²) in [5.41, 5.74) is 1.96. The molecule has 0 saturated carbocycles. The predicted molar refractivity (Wildman–Crippen MR) is 54.2 cm³/mol. The van der Waals surface area contributed by atoms with Crippen molar-refractivity contribution in [3.05, 3.63) is 23.8 Å². The molecule has 1 aliphatic heterocycles. The van der Waals surface area contributed by atoms with Crippen LogP contribution in [-0.4, -0.2) is 22.7 Å². The minimum absolute atomic E-state index is 0.159. The van der Waals surface area contributed by atoms with Crippen molar-refractivity contribution in [1.29, 1.82) is 0 Å². The van der Waals surface area contributed by atoms with Crippen LogP contribution in [0.4, 0.5) is 5.69 Å². The molecule has 2 rings (SSSR count). The maximum absolute atomic E-state index is 10.5. The Balaban J connectivity index is 2.17. The van der Waals surface area contributed by atoms with Crippen LogP contribution in [0.1, 0.15) is 24.3 Å². The number of carbonyl (C=O) groups is 1. The normalized spacial score (nSPS) is 18.8. The number of rotatable bonds is 3. The number of aliphatic carboxylic acids is 1. The van der Waals surface area contributed by atoms with E-state index in [9.17, 15) is 9.90 Å². The van der Waals surface area contributed by atoms with Gasteiger partial charge in [0.15, 0.2) is 0 Å². The van der Waals surface area contributed by atoms with Gasteiger partial charge >= 0.3 is 5.97 Å². The Hall–Kier alpha value is -1.55. The lowest BCUT2D eigenvalue weighted by molar-refractivity contribution is -0.564. The van der Waals surface area contributed by atoms with Crippen molar-refractivity contribution in [3.8, 4) is 5.75 Å². The molecule has 1 atom stereocenters. The van der Waals surface area contributed by atoms with Crippen molar-refractivity contribution in [2.75, 3.05) is 6.54 Å². The van der Waals surface area contributed by atoms with Crippen LogP contribution < -0.4 is 5.32 Å². The number of nitrogens with two attached hydrogens (primary N) is 1. The van der Waals surface area contributed by atoms with Gasteiger partial charge in [-0.15, -0.1) is 0 Å². The van der Waals surface area contributed by atoms with Crippen molar-refractivity contribution in [3.63, 3.8) is 0 Å². The lowest BCUT2D eigenvalue weighted by Crippen LogP contribution is -2.76. The van der Waals surface area contributed by atoms with Crippen LogP contribution in [0, 0.1) is 0 Å². The molecule has 1 aromatic rings. The smallest absolute Gasteiger partial charge is 0.303 e. The highest BCUT2D eigenvalue weighted by atomic mass is 16.4. The summed E-state index contributed by atoms with van der Waals surface area (Å²) < 4.78 is 0. The molecule has 0 saturated heterocycles. The molecule has 1 aromatic carbocycles. The average Bonchev–Trinajstić information content (AvgIpc) is 2.59. The molecule has 0 radical (unpaired) electrons. The largest absolute Gasteiger partial charge is 0.507 e. The summed E-state index contributed by atoms with van der Waals surface area (Å²) in [6.07, 6.45) is 0.753. The van der Waals surface area contributed by atoms with E-state index in [1.807, 2.05) is 12.1 Å². The van der Waals surface area contributed by atoms with E-state index < -0.39 is 5.97 Å². The molecule has 15 heavy (non-hydrogen) atoms. The second-order valence-electron chi connectivity index (χ2n) is 3.85. The van der Waals surface area contributed by atoms with E-state index >= 15 is 0 Å². The van der Waals surface area contributed by atoms with Crippen LogP contribution in [0.2, 0.25) is 0 Å². The Labute approximate surface area is 87.6 Å². The van der Waals surface area contributed by atoms with E-state index in [1.54, 1.807) is 6.07 Å². The van der Waals surface area contributed by atoms with E-state index in [0.29, 0.717) is 6.42 Å². The van der Waals surface area contributed by atoms with Gasteiger partial charge in [0.05, 0.1) is 12.1 Å². The van der Waals surface area contributed by atoms with Crippen LogP contribution in [-0.2, 0) is 4.79 Å². The Kier molecular flexibility index (Phi) is 2.60. The molecule has 80 valence electrons. The molecular weight excluding hydrogens is 194 g/mol. The zero-order valence-corrected chi connectivity index (χ0v) is 8.31. The number of hydrogen-bond acceptors (Lipinski definition) is 2. The lowest BCUT2D eigenvalue weighted by atomic mass is 9.95. The predicted octanol–water partition coefficient (Wildman–Crippen LogP) is 0.549. The number of quaternary nitrogens is 1. The summed E-state index contributed by atoms with van der Waals surface area (Å²) in [5.74, 6) is -0.326. The number of fused-ring (bicyclic) bond motifs is 1. The van der Waals surface area contributed by atoms with Crippen molar-refractivity contribution in [1.82, 2.24) is 0 Å². The zero-order valence-electron chi connectivity index (χ0n) is 8.31. The summed E-state index contributed by atoms with van der Waals surface area (Å²) >= 11 is 0. The number of phenols is 1. The first-order valence-electron chi connectivity index (χ1n) is 5.05. The zero-order chi connectivity index (χ0) is 10.8. The monoisotopic (exact) mass is 208 g/mol. The number of phenolic OH excluding ortho intramolecular Hbond substituents is 1. The highest BCUT2D eigenvalue weighted by molar-refractivity contribution is 5.67. The summed E-state index contributed by atoms with van der Waals surface area (Å²) in [4.78, 5) is 10.5. The van der Waals surface area contributed by atoms with Crippen molar-refractivity contribution in [2.24, 2.45) is 0 Å². The van der Waals surface area contributed by atoms with Gasteiger partial charge in [0, 0.05) is 12.3 Å². The maximum Gasteiger partial charge on any atom is 0.303 e. The fourth-order valence-corrected chi connectivity index (χ4v) is 2.14. The number of benzene rings is 1. The Morgan fingerprint density at radius 3 is 3.07 bits per heavy atom. The van der Waals surface area contributed by atoms with Crippen LogP contribution in [0.3, 0.4) is 0 Å². The fraction of sp³-hybridized carbons (Fsp3) is 0.364. The molecule has 4 N–H and O–H groups in total. The third-order valence-corrected chi connectivity index (χ3v) is 2.85. The summed E-state index contributed by atoms with van der Waals surface area (Å²) in [6.45, 7) is 0.834. The van der Waals surface area contributed by atoms with E-state index in [1.165, 1.54) is 0 Å². The molecule has 0 bridgehead atoms. The summed E-state index contributed by atoms with van der Waals surface area (Å²) in [7, 11) is 0. The van der Waals surface area contributed by atoms with Crippen molar-refractivity contribution >= 4 is 11.7 Å². The van der Waals surface area contributed by atoms with Crippen LogP contribution in [0.15, 0.2) is 18.2 Å². The van der Waals surface area contributed by atoms with Gasteiger partial charge in [0.1, 0.15) is 11.4 Å². The number of aromatic hydroxyl groups is 1. The van der Waals surface area contributed by atoms with E-state index in [-0.39, 0.29) is 18.1 Å². The van der Waals surface area contributed by atoms with Gasteiger partial charge in [0.25, 0.3) is 0 Å². The fourth-order valence-electron chi connectivity index (χ4n) is 2.14. The molecular formula is C11H14NO3+. The van der Waals surface area contributed by atoms with Gasteiger partial charge in [-0.2, -0.15) is 0 Å². The summed E-state index contributed by atoms with van der Waals surface area (Å²) in [5, 5.41) is 20.4. The van der Waals surface area contributed by atoms with E-state index in [2.05, 4.69) is 5.32 Å². The first-order chi connectivity index (χ1) is 7.18. The third kappa shape index (κ3) is 1.94. The van der Waals surface area contributed by atoms with Crippen LogP contribution in [0.25, 0.3) is 0 Å². The molecule has 0 spiro atoms. The Morgan fingerprint density at radius 1 is 1.53 bits per heavy atom. The van der Waals surface area contributed by atoms with Crippen molar-refractivity contribution < 1.29 is 20.3 Å². The third-order valence-electron chi connectivity index (χ3n) is 2.85. The Morgan fingerprint density at radius 2 is 2.33 bits per heavy atom. The topological polar surface area (TPSA) is 74.1 Å². The second kappa shape index (κ2) is 3.90. The number of hydrogen-bond donors (Lipinski definition) is 3. The van der Waals surface area contributed by atoms with Gasteiger partial charge in [-0.25, -0.2) is 0 Å². The molecule has 1 aliphatic rings. The van der Waals surface area contributed by atoms with Gasteiger partial charge in [-0.05, 0) is 18.6 Å². The van der Waals surface area contributed by atoms with Gasteiger partial charge in [-0.3, -0.25) is 4.79 Å². The van der Waals surface area contributed by atoms with Gasteiger partial charge in [-0.1, -0.05) is 6.07 Å². The SMILES string of the molecule is O=C(O)CCC1C[NH2+]c2cccc(O)c21. The Bertz CT molecular complexity index is 389. The molecule has 0 amide bonds. The minimum Gasteiger partial charge on any atom is -0.507 e.